The molecule has 0 spiro atoms. The van der Waals surface area contributed by atoms with Crippen LogP contribution >= 0.6 is 12.2 Å². The third-order valence-electron chi connectivity index (χ3n) is 3.14. The van der Waals surface area contributed by atoms with Gasteiger partial charge in [0.15, 0.2) is 5.11 Å². The third-order valence-corrected chi connectivity index (χ3v) is 3.57. The minimum atomic E-state index is 0.254. The summed E-state index contributed by atoms with van der Waals surface area (Å²) in [6.07, 6.45) is 0. The van der Waals surface area contributed by atoms with E-state index in [4.69, 9.17) is 17.0 Å². The molecule has 4 nitrogen and oxygen atoms in total. The van der Waals surface area contributed by atoms with E-state index < -0.39 is 0 Å². The van der Waals surface area contributed by atoms with Crippen LogP contribution in [0.25, 0.3) is 0 Å². The lowest BCUT2D eigenvalue weighted by Crippen LogP contribution is -2.37. The van der Waals surface area contributed by atoms with Crippen molar-refractivity contribution in [1.29, 1.82) is 0 Å². The van der Waals surface area contributed by atoms with E-state index in [0.29, 0.717) is 11.7 Å². The van der Waals surface area contributed by atoms with Crippen molar-refractivity contribution in [3.8, 4) is 11.5 Å². The zero-order valence-electron chi connectivity index (χ0n) is 12.0. The van der Waals surface area contributed by atoms with Crippen molar-refractivity contribution in [2.24, 2.45) is 0 Å². The average Bonchev–Trinajstić information content (AvgIpc) is 2.53. The van der Waals surface area contributed by atoms with Gasteiger partial charge in [-0.05, 0) is 30.4 Å². The molecule has 0 fully saturated rings. The van der Waals surface area contributed by atoms with E-state index in [1.807, 2.05) is 41.3 Å². The second-order valence-corrected chi connectivity index (χ2v) is 4.86. The Bertz CT molecular complexity index is 631. The summed E-state index contributed by atoms with van der Waals surface area (Å²) in [6, 6.07) is 14.9. The van der Waals surface area contributed by atoms with Crippen molar-refractivity contribution in [3.05, 3.63) is 54.1 Å². The van der Waals surface area contributed by atoms with E-state index in [-0.39, 0.29) is 5.75 Å². The SMILES string of the molecule is CNC(=S)N(Cc1ccccc1O)c1cccc(OC)c1. The van der Waals surface area contributed by atoms with Crippen LogP contribution in [0.3, 0.4) is 0 Å². The Morgan fingerprint density at radius 2 is 2.00 bits per heavy atom. The number of hydrogen-bond donors (Lipinski definition) is 2. The predicted molar refractivity (Wildman–Crippen MR) is 88.9 cm³/mol. The number of para-hydroxylation sites is 1. The fourth-order valence-electron chi connectivity index (χ4n) is 2.01. The number of rotatable bonds is 4. The van der Waals surface area contributed by atoms with Crippen molar-refractivity contribution >= 4 is 23.0 Å². The smallest absolute Gasteiger partial charge is 0.173 e. The number of benzene rings is 2. The zero-order valence-corrected chi connectivity index (χ0v) is 12.9. The molecule has 0 amide bonds. The Morgan fingerprint density at radius 1 is 1.24 bits per heavy atom. The van der Waals surface area contributed by atoms with Crippen LogP contribution < -0.4 is 15.0 Å². The normalized spacial score (nSPS) is 10.0. The predicted octanol–water partition coefficient (Wildman–Crippen LogP) is 2.91. The molecule has 110 valence electrons. The zero-order chi connectivity index (χ0) is 15.2. The van der Waals surface area contributed by atoms with Crippen LogP contribution in [0.2, 0.25) is 0 Å². The lowest BCUT2D eigenvalue weighted by molar-refractivity contribution is 0.415. The van der Waals surface area contributed by atoms with Gasteiger partial charge in [0.2, 0.25) is 0 Å². The molecule has 0 heterocycles. The fourth-order valence-corrected chi connectivity index (χ4v) is 2.18. The van der Waals surface area contributed by atoms with E-state index in [0.717, 1.165) is 17.0 Å². The van der Waals surface area contributed by atoms with E-state index in [2.05, 4.69) is 5.32 Å². The molecule has 0 aliphatic carbocycles. The summed E-state index contributed by atoms with van der Waals surface area (Å²) >= 11 is 5.37. The Hall–Kier alpha value is -2.27. The van der Waals surface area contributed by atoms with Crippen LogP contribution in [-0.2, 0) is 6.54 Å². The van der Waals surface area contributed by atoms with Crippen molar-refractivity contribution in [3.63, 3.8) is 0 Å². The number of nitrogens with one attached hydrogen (secondary N) is 1. The molecule has 2 rings (SSSR count). The molecule has 0 bridgehead atoms. The molecule has 0 aliphatic heterocycles. The van der Waals surface area contributed by atoms with Gasteiger partial charge in [0.05, 0.1) is 13.7 Å². The second kappa shape index (κ2) is 6.95. The van der Waals surface area contributed by atoms with Gasteiger partial charge in [-0.15, -0.1) is 0 Å². The van der Waals surface area contributed by atoms with Gasteiger partial charge in [-0.3, -0.25) is 0 Å². The maximum Gasteiger partial charge on any atom is 0.173 e. The fraction of sp³-hybridized carbons (Fsp3) is 0.188. The van der Waals surface area contributed by atoms with E-state index >= 15 is 0 Å². The van der Waals surface area contributed by atoms with E-state index in [9.17, 15) is 5.11 Å². The van der Waals surface area contributed by atoms with E-state index in [1.54, 1.807) is 26.3 Å². The largest absolute Gasteiger partial charge is 0.508 e. The standard InChI is InChI=1S/C16H18N2O2S/c1-17-16(21)18(11-12-6-3-4-9-15(12)19)13-7-5-8-14(10-13)20-2/h3-10,19H,11H2,1-2H3,(H,17,21). The summed E-state index contributed by atoms with van der Waals surface area (Å²) in [5.41, 5.74) is 1.70. The van der Waals surface area contributed by atoms with Gasteiger partial charge in [0.25, 0.3) is 0 Å². The van der Waals surface area contributed by atoms with Crippen LogP contribution in [0.15, 0.2) is 48.5 Å². The van der Waals surface area contributed by atoms with Crippen molar-refractivity contribution in [2.45, 2.75) is 6.54 Å². The molecular weight excluding hydrogens is 284 g/mol. The number of hydrogen-bond acceptors (Lipinski definition) is 3. The molecule has 2 aromatic carbocycles. The first-order valence-electron chi connectivity index (χ1n) is 6.56. The molecule has 2 aromatic rings. The van der Waals surface area contributed by atoms with Crippen LogP contribution in [-0.4, -0.2) is 24.4 Å². The third kappa shape index (κ3) is 3.64. The van der Waals surface area contributed by atoms with Crippen molar-refractivity contribution in [2.75, 3.05) is 19.1 Å². The van der Waals surface area contributed by atoms with Gasteiger partial charge in [-0.25, -0.2) is 0 Å². The molecule has 0 saturated carbocycles. The van der Waals surface area contributed by atoms with Crippen LogP contribution in [0, 0.1) is 0 Å². The lowest BCUT2D eigenvalue weighted by Gasteiger charge is -2.25. The number of phenols is 1. The van der Waals surface area contributed by atoms with Crippen molar-refractivity contribution < 1.29 is 9.84 Å². The summed E-state index contributed by atoms with van der Waals surface area (Å²) in [6.45, 7) is 0.472. The Balaban J connectivity index is 2.34. The molecule has 2 N–H and O–H groups in total. The second-order valence-electron chi connectivity index (χ2n) is 4.47. The first-order valence-corrected chi connectivity index (χ1v) is 6.96. The number of aromatic hydroxyl groups is 1. The molecule has 5 heteroatoms. The van der Waals surface area contributed by atoms with Crippen molar-refractivity contribution in [1.82, 2.24) is 5.32 Å². The average molecular weight is 302 g/mol. The highest BCUT2D eigenvalue weighted by Gasteiger charge is 2.14. The molecule has 0 radical (unpaired) electrons. The minimum absolute atomic E-state index is 0.254. The summed E-state index contributed by atoms with van der Waals surface area (Å²) < 4.78 is 5.25. The number of nitrogens with zero attached hydrogens (tertiary/aromatic N) is 1. The number of ether oxygens (including phenoxy) is 1. The van der Waals surface area contributed by atoms with E-state index in [1.165, 1.54) is 0 Å². The molecule has 0 unspecified atom stereocenters. The quantitative estimate of drug-likeness (QED) is 0.850. The van der Waals surface area contributed by atoms with Gasteiger partial charge >= 0.3 is 0 Å². The van der Waals surface area contributed by atoms with Gasteiger partial charge in [0.1, 0.15) is 11.5 Å². The highest BCUT2D eigenvalue weighted by Crippen LogP contribution is 2.25. The Morgan fingerprint density at radius 3 is 2.67 bits per heavy atom. The first-order chi connectivity index (χ1) is 10.2. The monoisotopic (exact) mass is 302 g/mol. The van der Waals surface area contributed by atoms with Crippen LogP contribution in [0.4, 0.5) is 5.69 Å². The van der Waals surface area contributed by atoms with Gasteiger partial charge in [-0.1, -0.05) is 24.3 Å². The molecular formula is C16H18N2O2S. The Labute approximate surface area is 130 Å². The molecule has 0 atom stereocenters. The first kappa shape index (κ1) is 15.1. The lowest BCUT2D eigenvalue weighted by atomic mass is 10.1. The summed E-state index contributed by atoms with van der Waals surface area (Å²) in [5.74, 6) is 1.01. The van der Waals surface area contributed by atoms with Crippen LogP contribution in [0.5, 0.6) is 11.5 Å². The van der Waals surface area contributed by atoms with Gasteiger partial charge < -0.3 is 20.1 Å². The molecule has 0 saturated heterocycles. The van der Waals surface area contributed by atoms with Gasteiger partial charge in [0, 0.05) is 24.4 Å². The highest BCUT2D eigenvalue weighted by atomic mass is 32.1. The molecule has 0 aliphatic rings. The number of phenolic OH excluding ortho intramolecular Hbond substituents is 1. The highest BCUT2D eigenvalue weighted by molar-refractivity contribution is 7.80. The number of methoxy groups -OCH3 is 1. The minimum Gasteiger partial charge on any atom is -0.508 e. The number of thiocarbonyl (C=S) groups is 1. The molecule has 21 heavy (non-hydrogen) atoms. The maximum atomic E-state index is 9.95. The van der Waals surface area contributed by atoms with Crippen LogP contribution in [0.1, 0.15) is 5.56 Å². The van der Waals surface area contributed by atoms with Gasteiger partial charge in [-0.2, -0.15) is 0 Å². The Kier molecular flexibility index (Phi) is 5.00. The number of anilines is 1. The topological polar surface area (TPSA) is 44.7 Å². The summed E-state index contributed by atoms with van der Waals surface area (Å²) in [4.78, 5) is 1.91. The maximum absolute atomic E-state index is 9.95. The summed E-state index contributed by atoms with van der Waals surface area (Å²) in [5, 5.41) is 13.5. The molecule has 0 aromatic heterocycles. The summed E-state index contributed by atoms with van der Waals surface area (Å²) in [7, 11) is 3.41.